The standard InChI is InChI=1S/C13H13ClN4O3/c1-21-12(19)8-18-7-11(6-15-18)17-13(20)16-10-4-2-9(14)3-5-10/h2-7H,8H2,1H3,(H2,16,17,20). The number of amides is 2. The molecule has 0 saturated carbocycles. The fraction of sp³-hybridized carbons (Fsp3) is 0.154. The summed E-state index contributed by atoms with van der Waals surface area (Å²) < 4.78 is 5.89. The molecule has 0 aliphatic carbocycles. The average Bonchev–Trinajstić information content (AvgIpc) is 2.88. The Kier molecular flexibility index (Phi) is 4.78. The molecular formula is C13H13ClN4O3. The molecule has 2 aromatic rings. The average molecular weight is 309 g/mol. The third-order valence-corrected chi connectivity index (χ3v) is 2.76. The minimum Gasteiger partial charge on any atom is -0.468 e. The van der Waals surface area contributed by atoms with Gasteiger partial charge in [-0.1, -0.05) is 11.6 Å². The molecule has 0 atom stereocenters. The Morgan fingerprint density at radius 3 is 2.57 bits per heavy atom. The fourth-order valence-electron chi connectivity index (χ4n) is 1.54. The molecule has 0 bridgehead atoms. The molecule has 2 N–H and O–H groups in total. The maximum Gasteiger partial charge on any atom is 0.327 e. The van der Waals surface area contributed by atoms with Crippen LogP contribution in [0.2, 0.25) is 5.02 Å². The van der Waals surface area contributed by atoms with Crippen molar-refractivity contribution in [2.24, 2.45) is 0 Å². The minimum absolute atomic E-state index is 0.0169. The summed E-state index contributed by atoms with van der Waals surface area (Å²) in [4.78, 5) is 22.9. The SMILES string of the molecule is COC(=O)Cn1cc(NC(=O)Nc2ccc(Cl)cc2)cn1. The number of urea groups is 1. The van der Waals surface area contributed by atoms with Crippen LogP contribution in [-0.4, -0.2) is 28.9 Å². The normalized spacial score (nSPS) is 10.0. The molecule has 8 heteroatoms. The lowest BCUT2D eigenvalue weighted by atomic mass is 10.3. The van der Waals surface area contributed by atoms with Crippen LogP contribution in [0.4, 0.5) is 16.2 Å². The molecule has 1 heterocycles. The van der Waals surface area contributed by atoms with E-state index in [9.17, 15) is 9.59 Å². The van der Waals surface area contributed by atoms with Gasteiger partial charge in [-0.2, -0.15) is 5.10 Å². The van der Waals surface area contributed by atoms with Crippen molar-refractivity contribution in [1.29, 1.82) is 0 Å². The molecule has 1 aromatic carbocycles. The first-order valence-corrected chi connectivity index (χ1v) is 6.37. The van der Waals surface area contributed by atoms with Crippen molar-refractivity contribution in [1.82, 2.24) is 9.78 Å². The molecule has 0 aliphatic rings. The number of anilines is 2. The van der Waals surface area contributed by atoms with Crippen molar-refractivity contribution < 1.29 is 14.3 Å². The Labute approximate surface area is 125 Å². The Hall–Kier alpha value is -2.54. The highest BCUT2D eigenvalue weighted by atomic mass is 35.5. The lowest BCUT2D eigenvalue weighted by molar-refractivity contribution is -0.141. The van der Waals surface area contributed by atoms with Gasteiger partial charge < -0.3 is 15.4 Å². The number of carbonyl (C=O) groups excluding carboxylic acids is 2. The van der Waals surface area contributed by atoms with E-state index in [-0.39, 0.29) is 6.54 Å². The highest BCUT2D eigenvalue weighted by Crippen LogP contribution is 2.14. The predicted octanol–water partition coefficient (Wildman–Crippen LogP) is 2.35. The van der Waals surface area contributed by atoms with Crippen LogP contribution in [0.3, 0.4) is 0 Å². The van der Waals surface area contributed by atoms with Crippen LogP contribution in [-0.2, 0) is 16.1 Å². The Morgan fingerprint density at radius 2 is 1.90 bits per heavy atom. The van der Waals surface area contributed by atoms with E-state index in [0.29, 0.717) is 16.4 Å². The largest absolute Gasteiger partial charge is 0.468 e. The van der Waals surface area contributed by atoms with Crippen LogP contribution in [0.25, 0.3) is 0 Å². The second-order valence-electron chi connectivity index (χ2n) is 4.09. The summed E-state index contributed by atoms with van der Waals surface area (Å²) in [6.07, 6.45) is 2.96. The van der Waals surface area contributed by atoms with Crippen molar-refractivity contribution in [3.8, 4) is 0 Å². The van der Waals surface area contributed by atoms with Crippen molar-refractivity contribution >= 4 is 35.0 Å². The highest BCUT2D eigenvalue weighted by Gasteiger charge is 2.07. The number of esters is 1. The summed E-state index contributed by atoms with van der Waals surface area (Å²) in [6.45, 7) is -0.0169. The van der Waals surface area contributed by atoms with E-state index in [1.54, 1.807) is 24.3 Å². The topological polar surface area (TPSA) is 85.2 Å². The quantitative estimate of drug-likeness (QED) is 0.849. The third kappa shape index (κ3) is 4.50. The summed E-state index contributed by atoms with van der Waals surface area (Å²) >= 11 is 5.76. The zero-order chi connectivity index (χ0) is 15.2. The monoisotopic (exact) mass is 308 g/mol. The van der Waals surface area contributed by atoms with Gasteiger partial charge in [0.15, 0.2) is 0 Å². The second-order valence-corrected chi connectivity index (χ2v) is 4.53. The molecule has 0 fully saturated rings. The van der Waals surface area contributed by atoms with Crippen molar-refractivity contribution in [2.45, 2.75) is 6.54 Å². The van der Waals surface area contributed by atoms with Crippen LogP contribution in [0.1, 0.15) is 0 Å². The number of rotatable bonds is 4. The summed E-state index contributed by atoms with van der Waals surface area (Å²) in [7, 11) is 1.30. The van der Waals surface area contributed by atoms with Crippen molar-refractivity contribution in [2.75, 3.05) is 17.7 Å². The van der Waals surface area contributed by atoms with Crippen LogP contribution in [0, 0.1) is 0 Å². The summed E-state index contributed by atoms with van der Waals surface area (Å²) in [5.74, 6) is -0.421. The summed E-state index contributed by atoms with van der Waals surface area (Å²) in [5.41, 5.74) is 1.07. The van der Waals surface area contributed by atoms with Gasteiger partial charge in [0.2, 0.25) is 0 Å². The van der Waals surface area contributed by atoms with Crippen LogP contribution in [0.5, 0.6) is 0 Å². The number of benzene rings is 1. The summed E-state index contributed by atoms with van der Waals surface area (Å²) in [6, 6.07) is 6.29. The summed E-state index contributed by atoms with van der Waals surface area (Å²) in [5, 5.41) is 9.76. The zero-order valence-electron chi connectivity index (χ0n) is 11.2. The molecule has 0 saturated heterocycles. The molecule has 0 aliphatic heterocycles. The lowest BCUT2D eigenvalue weighted by Gasteiger charge is -2.05. The fourth-order valence-corrected chi connectivity index (χ4v) is 1.66. The van der Waals surface area contributed by atoms with Gasteiger partial charge in [-0.15, -0.1) is 0 Å². The number of hydrogen-bond donors (Lipinski definition) is 2. The predicted molar refractivity (Wildman–Crippen MR) is 78.3 cm³/mol. The molecule has 0 radical (unpaired) electrons. The minimum atomic E-state index is -0.421. The van der Waals surface area contributed by atoms with Gasteiger partial charge in [-0.25, -0.2) is 4.79 Å². The molecule has 7 nitrogen and oxygen atoms in total. The number of hydrogen-bond acceptors (Lipinski definition) is 4. The van der Waals surface area contributed by atoms with Gasteiger partial charge in [0, 0.05) is 16.9 Å². The van der Waals surface area contributed by atoms with Crippen LogP contribution in [0.15, 0.2) is 36.7 Å². The van der Waals surface area contributed by atoms with Crippen molar-refractivity contribution in [3.05, 3.63) is 41.7 Å². The van der Waals surface area contributed by atoms with E-state index < -0.39 is 12.0 Å². The molecule has 2 amide bonds. The van der Waals surface area contributed by atoms with Gasteiger partial charge in [-0.05, 0) is 24.3 Å². The van der Waals surface area contributed by atoms with E-state index in [0.717, 1.165) is 0 Å². The highest BCUT2D eigenvalue weighted by molar-refractivity contribution is 6.30. The third-order valence-electron chi connectivity index (χ3n) is 2.51. The number of nitrogens with zero attached hydrogens (tertiary/aromatic N) is 2. The van der Waals surface area contributed by atoms with E-state index in [1.807, 2.05) is 0 Å². The molecule has 0 spiro atoms. The van der Waals surface area contributed by atoms with E-state index in [2.05, 4.69) is 20.5 Å². The molecule has 1 aromatic heterocycles. The van der Waals surface area contributed by atoms with Gasteiger partial charge in [0.05, 0.1) is 19.0 Å². The number of halogens is 1. The molecule has 21 heavy (non-hydrogen) atoms. The lowest BCUT2D eigenvalue weighted by Crippen LogP contribution is -2.19. The number of nitrogens with one attached hydrogen (secondary N) is 2. The smallest absolute Gasteiger partial charge is 0.327 e. The first-order chi connectivity index (χ1) is 10.1. The maximum absolute atomic E-state index is 11.8. The molecule has 2 rings (SSSR count). The van der Waals surface area contributed by atoms with E-state index in [4.69, 9.17) is 11.6 Å². The van der Waals surface area contributed by atoms with E-state index >= 15 is 0 Å². The first-order valence-electron chi connectivity index (χ1n) is 5.99. The Balaban J connectivity index is 1.90. The number of ether oxygens (including phenoxy) is 1. The number of methoxy groups -OCH3 is 1. The zero-order valence-corrected chi connectivity index (χ0v) is 11.9. The number of carbonyl (C=O) groups is 2. The first kappa shape index (κ1) is 14.9. The van der Waals surface area contributed by atoms with Crippen molar-refractivity contribution in [3.63, 3.8) is 0 Å². The van der Waals surface area contributed by atoms with Gasteiger partial charge in [0.25, 0.3) is 0 Å². The van der Waals surface area contributed by atoms with Gasteiger partial charge >= 0.3 is 12.0 Å². The van der Waals surface area contributed by atoms with Crippen LogP contribution >= 0.6 is 11.6 Å². The van der Waals surface area contributed by atoms with E-state index in [1.165, 1.54) is 24.2 Å². The van der Waals surface area contributed by atoms with Crippen LogP contribution < -0.4 is 10.6 Å². The number of aromatic nitrogens is 2. The van der Waals surface area contributed by atoms with Gasteiger partial charge in [-0.3, -0.25) is 9.48 Å². The molecule has 0 unspecified atom stereocenters. The van der Waals surface area contributed by atoms with Gasteiger partial charge in [0.1, 0.15) is 6.54 Å². The maximum atomic E-state index is 11.8. The second kappa shape index (κ2) is 6.76. The Morgan fingerprint density at radius 1 is 1.24 bits per heavy atom. The molecular weight excluding hydrogens is 296 g/mol. The Bertz CT molecular complexity index is 639. The molecule has 110 valence electrons.